The molecule has 0 atom stereocenters. The van der Waals surface area contributed by atoms with Crippen molar-refractivity contribution in [2.24, 2.45) is 5.73 Å². The molecular formula is C14H18N4O. The molecule has 0 aromatic heterocycles. The van der Waals surface area contributed by atoms with Crippen LogP contribution in [0.5, 0.6) is 0 Å². The van der Waals surface area contributed by atoms with Crippen LogP contribution in [0.15, 0.2) is 24.3 Å². The Balaban J connectivity index is 1.90. The minimum absolute atomic E-state index is 0.395. The van der Waals surface area contributed by atoms with Crippen LogP contribution < -0.4 is 10.6 Å². The Kier molecular flexibility index (Phi) is 4.37. The summed E-state index contributed by atoms with van der Waals surface area (Å²) in [5.41, 5.74) is 6.88. The van der Waals surface area contributed by atoms with Gasteiger partial charge in [0.05, 0.1) is 6.07 Å². The van der Waals surface area contributed by atoms with E-state index in [9.17, 15) is 4.79 Å². The van der Waals surface area contributed by atoms with Gasteiger partial charge in [-0.25, -0.2) is 0 Å². The summed E-state index contributed by atoms with van der Waals surface area (Å²) in [5.74, 6) is -0.395. The largest absolute Gasteiger partial charge is 0.369 e. The lowest BCUT2D eigenvalue weighted by Crippen LogP contribution is -2.46. The van der Waals surface area contributed by atoms with Gasteiger partial charge in [0.15, 0.2) is 0 Å². The third-order valence-electron chi connectivity index (χ3n) is 3.43. The highest BCUT2D eigenvalue weighted by Crippen LogP contribution is 2.17. The zero-order chi connectivity index (χ0) is 13.7. The molecule has 1 fully saturated rings. The lowest BCUT2D eigenvalue weighted by molar-refractivity contribution is 0.100. The molecule has 0 radical (unpaired) electrons. The van der Waals surface area contributed by atoms with E-state index in [0.717, 1.165) is 38.4 Å². The monoisotopic (exact) mass is 258 g/mol. The second-order valence-electron chi connectivity index (χ2n) is 4.65. The Hall–Kier alpha value is -2.06. The second-order valence-corrected chi connectivity index (χ2v) is 4.65. The van der Waals surface area contributed by atoms with E-state index in [0.29, 0.717) is 12.0 Å². The summed E-state index contributed by atoms with van der Waals surface area (Å²) in [6.07, 6.45) is 0.591. The number of amides is 1. The lowest BCUT2D eigenvalue weighted by Gasteiger charge is -2.35. The fraction of sp³-hybridized carbons (Fsp3) is 0.429. The zero-order valence-corrected chi connectivity index (χ0v) is 10.9. The van der Waals surface area contributed by atoms with Crippen LogP contribution in [-0.4, -0.2) is 43.5 Å². The van der Waals surface area contributed by atoms with Crippen molar-refractivity contribution >= 4 is 11.6 Å². The molecule has 1 saturated heterocycles. The van der Waals surface area contributed by atoms with Gasteiger partial charge in [-0.3, -0.25) is 9.69 Å². The van der Waals surface area contributed by atoms with Crippen molar-refractivity contribution in [1.29, 1.82) is 5.26 Å². The summed E-state index contributed by atoms with van der Waals surface area (Å²) in [7, 11) is 0. The van der Waals surface area contributed by atoms with Gasteiger partial charge >= 0.3 is 0 Å². The molecule has 19 heavy (non-hydrogen) atoms. The first-order valence-electron chi connectivity index (χ1n) is 6.45. The average molecular weight is 258 g/mol. The molecule has 100 valence electrons. The van der Waals surface area contributed by atoms with Gasteiger partial charge in [0, 0.05) is 50.4 Å². The van der Waals surface area contributed by atoms with E-state index >= 15 is 0 Å². The fourth-order valence-corrected chi connectivity index (χ4v) is 2.27. The molecule has 2 rings (SSSR count). The summed E-state index contributed by atoms with van der Waals surface area (Å²) in [5, 5.41) is 8.57. The number of nitrogens with two attached hydrogens (primary N) is 1. The maximum absolute atomic E-state index is 11.0. The van der Waals surface area contributed by atoms with Crippen LogP contribution >= 0.6 is 0 Å². The van der Waals surface area contributed by atoms with Gasteiger partial charge < -0.3 is 10.6 Å². The molecule has 0 aliphatic carbocycles. The molecule has 5 heteroatoms. The van der Waals surface area contributed by atoms with Gasteiger partial charge in [-0.05, 0) is 24.3 Å². The molecule has 0 spiro atoms. The van der Waals surface area contributed by atoms with Gasteiger partial charge in [0.1, 0.15) is 0 Å². The Labute approximate surface area is 113 Å². The van der Waals surface area contributed by atoms with Crippen molar-refractivity contribution in [3.05, 3.63) is 29.8 Å². The number of carbonyl (C=O) groups is 1. The van der Waals surface area contributed by atoms with Crippen molar-refractivity contribution in [2.45, 2.75) is 6.42 Å². The Morgan fingerprint density at radius 1 is 1.21 bits per heavy atom. The van der Waals surface area contributed by atoms with E-state index in [2.05, 4.69) is 15.9 Å². The summed E-state index contributed by atoms with van der Waals surface area (Å²) in [6, 6.07) is 9.57. The molecular weight excluding hydrogens is 240 g/mol. The topological polar surface area (TPSA) is 73.4 Å². The number of rotatable bonds is 4. The Morgan fingerprint density at radius 2 is 1.84 bits per heavy atom. The van der Waals surface area contributed by atoms with Gasteiger partial charge in [0.25, 0.3) is 0 Å². The molecule has 2 N–H and O–H groups in total. The van der Waals surface area contributed by atoms with E-state index in [1.54, 1.807) is 12.1 Å². The first kappa shape index (κ1) is 13.4. The number of nitrogens with zero attached hydrogens (tertiary/aromatic N) is 3. The van der Waals surface area contributed by atoms with Crippen molar-refractivity contribution in [2.75, 3.05) is 37.6 Å². The molecule has 0 saturated carbocycles. The van der Waals surface area contributed by atoms with Gasteiger partial charge in [0.2, 0.25) is 5.91 Å². The number of benzene rings is 1. The van der Waals surface area contributed by atoms with E-state index in [-0.39, 0.29) is 0 Å². The highest BCUT2D eigenvalue weighted by Gasteiger charge is 2.16. The predicted molar refractivity (Wildman–Crippen MR) is 73.8 cm³/mol. The minimum atomic E-state index is -0.395. The van der Waals surface area contributed by atoms with Crippen molar-refractivity contribution in [1.82, 2.24) is 4.90 Å². The van der Waals surface area contributed by atoms with Crippen LogP contribution in [0.3, 0.4) is 0 Å². The van der Waals surface area contributed by atoms with Crippen molar-refractivity contribution in [3.63, 3.8) is 0 Å². The van der Waals surface area contributed by atoms with Gasteiger partial charge in [-0.15, -0.1) is 0 Å². The first-order chi connectivity index (χ1) is 9.20. The number of piperazine rings is 1. The van der Waals surface area contributed by atoms with Crippen LogP contribution in [0.2, 0.25) is 0 Å². The van der Waals surface area contributed by atoms with Crippen LogP contribution in [-0.2, 0) is 0 Å². The molecule has 1 aromatic carbocycles. The smallest absolute Gasteiger partial charge is 0.248 e. The predicted octanol–water partition coefficient (Wildman–Crippen LogP) is 0.821. The fourth-order valence-electron chi connectivity index (χ4n) is 2.27. The molecule has 1 aliphatic rings. The number of carbonyl (C=O) groups excluding carboxylic acids is 1. The third kappa shape index (κ3) is 3.46. The van der Waals surface area contributed by atoms with Crippen LogP contribution in [0.4, 0.5) is 5.69 Å². The second kappa shape index (κ2) is 6.21. The van der Waals surface area contributed by atoms with Crippen LogP contribution in [0, 0.1) is 11.3 Å². The number of hydrogen-bond donors (Lipinski definition) is 1. The highest BCUT2D eigenvalue weighted by molar-refractivity contribution is 5.93. The summed E-state index contributed by atoms with van der Waals surface area (Å²) < 4.78 is 0. The molecule has 0 unspecified atom stereocenters. The average Bonchev–Trinajstić information content (AvgIpc) is 2.46. The summed E-state index contributed by atoms with van der Waals surface area (Å²) >= 11 is 0. The maximum Gasteiger partial charge on any atom is 0.248 e. The molecule has 1 amide bonds. The van der Waals surface area contributed by atoms with Crippen LogP contribution in [0.25, 0.3) is 0 Å². The molecule has 1 aromatic rings. The number of anilines is 1. The molecule has 1 aliphatic heterocycles. The highest BCUT2D eigenvalue weighted by atomic mass is 16.1. The van der Waals surface area contributed by atoms with E-state index < -0.39 is 5.91 Å². The summed E-state index contributed by atoms with van der Waals surface area (Å²) in [4.78, 5) is 15.6. The van der Waals surface area contributed by atoms with Gasteiger partial charge in [-0.1, -0.05) is 0 Å². The van der Waals surface area contributed by atoms with E-state index in [1.807, 2.05) is 12.1 Å². The van der Waals surface area contributed by atoms with Crippen molar-refractivity contribution in [3.8, 4) is 6.07 Å². The Bertz CT molecular complexity index is 469. The lowest BCUT2D eigenvalue weighted by atomic mass is 10.1. The minimum Gasteiger partial charge on any atom is -0.369 e. The third-order valence-corrected chi connectivity index (χ3v) is 3.43. The standard InChI is InChI=1S/C14H18N4O/c15-6-1-7-17-8-10-18(11-9-17)13-4-2-12(3-5-13)14(16)19/h2-5H,1,7-11H2,(H2,16,19). The Morgan fingerprint density at radius 3 is 2.37 bits per heavy atom. The molecule has 5 nitrogen and oxygen atoms in total. The maximum atomic E-state index is 11.0. The summed E-state index contributed by atoms with van der Waals surface area (Å²) in [6.45, 7) is 4.69. The molecule has 0 bridgehead atoms. The van der Waals surface area contributed by atoms with Gasteiger partial charge in [-0.2, -0.15) is 5.26 Å². The number of nitriles is 1. The number of primary amides is 1. The SMILES string of the molecule is N#CCCN1CCN(c2ccc(C(N)=O)cc2)CC1. The normalized spacial score (nSPS) is 16.1. The quantitative estimate of drug-likeness (QED) is 0.867. The zero-order valence-electron chi connectivity index (χ0n) is 10.9. The molecule has 1 heterocycles. The van der Waals surface area contributed by atoms with E-state index in [1.165, 1.54) is 0 Å². The number of hydrogen-bond acceptors (Lipinski definition) is 4. The first-order valence-corrected chi connectivity index (χ1v) is 6.45. The van der Waals surface area contributed by atoms with E-state index in [4.69, 9.17) is 11.0 Å². The van der Waals surface area contributed by atoms with Crippen LogP contribution in [0.1, 0.15) is 16.8 Å². The van der Waals surface area contributed by atoms with Crippen molar-refractivity contribution < 1.29 is 4.79 Å².